The number of Topliss-reactive ketones (excluding diaryl/α,β-unsaturated/α-hetero) is 2. The van der Waals surface area contributed by atoms with Gasteiger partial charge in [-0.25, -0.2) is 4.99 Å². The standard InChI is InChI=1S/C33H36ClN3O5/c1-2-27(38)25(16-19-8-7-13-28(19)39)36-32(40)31-22-12-6-9-20(22)18-37(31)33(41)26-17-23-24(34)14-15-29(30(23)35-26)42-21-10-4-3-5-11-21/h3-5,10-11,14-15,19-20,22,25,31H,2,6-9,12-13,16-18H2,1H3,(H,36,40)/t19-,20-,22-,25-,31-/m0/s1. The van der Waals surface area contributed by atoms with Crippen LogP contribution in [0.4, 0.5) is 5.69 Å². The highest BCUT2D eigenvalue weighted by atomic mass is 35.5. The Kier molecular flexibility index (Phi) is 8.17. The molecule has 3 fully saturated rings. The lowest BCUT2D eigenvalue weighted by atomic mass is 9.91. The number of carbonyl (C=O) groups is 4. The maximum absolute atomic E-state index is 14.1. The van der Waals surface area contributed by atoms with Crippen LogP contribution in [0.15, 0.2) is 47.5 Å². The first-order valence-corrected chi connectivity index (χ1v) is 15.5. The second-order valence-electron chi connectivity index (χ2n) is 12.0. The second kappa shape index (κ2) is 12.0. The molecule has 0 radical (unpaired) electrons. The fourth-order valence-corrected chi connectivity index (χ4v) is 7.48. The number of ether oxygens (including phenoxy) is 1. The van der Waals surface area contributed by atoms with Crippen LogP contribution in [0.2, 0.25) is 5.02 Å². The monoisotopic (exact) mass is 589 g/mol. The molecule has 0 bridgehead atoms. The van der Waals surface area contributed by atoms with Gasteiger partial charge in [0.25, 0.3) is 5.91 Å². The Balaban J connectivity index is 1.24. The van der Waals surface area contributed by atoms with Crippen LogP contribution in [-0.2, 0) is 25.6 Å². The molecule has 1 N–H and O–H groups in total. The van der Waals surface area contributed by atoms with Gasteiger partial charge in [-0.1, -0.05) is 43.1 Å². The average Bonchev–Trinajstić information content (AvgIpc) is 3.78. The summed E-state index contributed by atoms with van der Waals surface area (Å²) in [6, 6.07) is 11.4. The van der Waals surface area contributed by atoms with E-state index in [9.17, 15) is 19.2 Å². The molecular formula is C33H36ClN3O5. The number of aliphatic imine (C=N–C) groups is 1. The summed E-state index contributed by atoms with van der Waals surface area (Å²) in [4.78, 5) is 59.6. The zero-order valence-electron chi connectivity index (χ0n) is 23.8. The number of benzene rings is 2. The summed E-state index contributed by atoms with van der Waals surface area (Å²) in [5, 5.41) is 3.50. The molecule has 2 heterocycles. The third kappa shape index (κ3) is 5.49. The largest absolute Gasteiger partial charge is 0.455 e. The van der Waals surface area contributed by atoms with Gasteiger partial charge in [0.15, 0.2) is 11.5 Å². The molecule has 2 saturated carbocycles. The van der Waals surface area contributed by atoms with Crippen molar-refractivity contribution in [2.45, 2.75) is 76.8 Å². The van der Waals surface area contributed by atoms with Crippen molar-refractivity contribution >= 4 is 46.4 Å². The van der Waals surface area contributed by atoms with Gasteiger partial charge in [-0.15, -0.1) is 0 Å². The maximum atomic E-state index is 14.1. The van der Waals surface area contributed by atoms with E-state index in [2.05, 4.69) is 5.32 Å². The molecule has 0 spiro atoms. The van der Waals surface area contributed by atoms with Crippen LogP contribution in [0.5, 0.6) is 11.5 Å². The molecule has 1 saturated heterocycles. The van der Waals surface area contributed by atoms with Gasteiger partial charge in [0.05, 0.1) is 6.04 Å². The SMILES string of the molecule is CCC(=O)[C@H](C[C@@H]1CCCC1=O)NC(=O)[C@@H]1[C@H]2CCC[C@H]2CN1C(=O)C1=Nc2c(Oc3ccccc3)ccc(Cl)c2C1. The van der Waals surface area contributed by atoms with E-state index in [-0.39, 0.29) is 54.0 Å². The van der Waals surface area contributed by atoms with Gasteiger partial charge in [0.1, 0.15) is 29.0 Å². The van der Waals surface area contributed by atoms with E-state index in [4.69, 9.17) is 21.3 Å². The maximum Gasteiger partial charge on any atom is 0.269 e. The fraction of sp³-hybridized carbons (Fsp3) is 0.485. The lowest BCUT2D eigenvalue weighted by Gasteiger charge is -2.29. The highest BCUT2D eigenvalue weighted by molar-refractivity contribution is 6.42. The highest BCUT2D eigenvalue weighted by Gasteiger charge is 2.51. The van der Waals surface area contributed by atoms with Crippen molar-refractivity contribution in [2.24, 2.45) is 22.7 Å². The molecule has 2 amide bonds. The van der Waals surface area contributed by atoms with Gasteiger partial charge in [0, 0.05) is 42.3 Å². The molecule has 9 heteroatoms. The lowest BCUT2D eigenvalue weighted by Crippen LogP contribution is -2.54. The molecule has 2 aromatic carbocycles. The molecule has 42 heavy (non-hydrogen) atoms. The van der Waals surface area contributed by atoms with Crippen LogP contribution < -0.4 is 10.1 Å². The van der Waals surface area contributed by atoms with Crippen molar-refractivity contribution < 1.29 is 23.9 Å². The minimum absolute atomic E-state index is 0.0318. The molecule has 8 nitrogen and oxygen atoms in total. The van der Waals surface area contributed by atoms with Crippen molar-refractivity contribution in [1.29, 1.82) is 0 Å². The number of nitrogens with zero attached hydrogens (tertiary/aromatic N) is 2. The summed E-state index contributed by atoms with van der Waals surface area (Å²) in [5.74, 6) is 0.711. The van der Waals surface area contributed by atoms with Crippen molar-refractivity contribution in [3.8, 4) is 11.5 Å². The summed E-state index contributed by atoms with van der Waals surface area (Å²) < 4.78 is 6.08. The molecule has 0 aromatic heterocycles. The number of halogens is 1. The van der Waals surface area contributed by atoms with Crippen molar-refractivity contribution in [2.75, 3.05) is 6.54 Å². The molecule has 0 unspecified atom stereocenters. The van der Waals surface area contributed by atoms with E-state index >= 15 is 0 Å². The van der Waals surface area contributed by atoms with Gasteiger partial charge in [-0.2, -0.15) is 0 Å². The van der Waals surface area contributed by atoms with Crippen LogP contribution in [0.3, 0.4) is 0 Å². The number of fused-ring (bicyclic) bond motifs is 2. The van der Waals surface area contributed by atoms with Crippen LogP contribution in [0.25, 0.3) is 0 Å². The molecule has 2 aromatic rings. The number of hydrogen-bond donors (Lipinski definition) is 1. The predicted octanol–water partition coefficient (Wildman–Crippen LogP) is 5.61. The van der Waals surface area contributed by atoms with E-state index in [1.54, 1.807) is 24.0 Å². The predicted molar refractivity (Wildman–Crippen MR) is 159 cm³/mol. The number of para-hydroxylation sites is 1. The molecule has 4 aliphatic rings. The smallest absolute Gasteiger partial charge is 0.269 e. The van der Waals surface area contributed by atoms with E-state index in [0.717, 1.165) is 37.7 Å². The zero-order valence-corrected chi connectivity index (χ0v) is 24.6. The van der Waals surface area contributed by atoms with Crippen molar-refractivity contribution in [3.05, 3.63) is 53.1 Å². The Bertz CT molecular complexity index is 1440. The fourth-order valence-electron chi connectivity index (χ4n) is 7.26. The summed E-state index contributed by atoms with van der Waals surface area (Å²) in [6.45, 7) is 2.25. The van der Waals surface area contributed by atoms with Gasteiger partial charge in [0.2, 0.25) is 5.91 Å². The average molecular weight is 590 g/mol. The second-order valence-corrected chi connectivity index (χ2v) is 12.4. The number of nitrogens with one attached hydrogen (secondary N) is 1. The Labute approximate surface area is 250 Å². The Morgan fingerprint density at radius 3 is 2.64 bits per heavy atom. The summed E-state index contributed by atoms with van der Waals surface area (Å²) in [7, 11) is 0. The lowest BCUT2D eigenvalue weighted by molar-refractivity contribution is -0.137. The topological polar surface area (TPSA) is 105 Å². The van der Waals surface area contributed by atoms with E-state index < -0.39 is 12.1 Å². The highest BCUT2D eigenvalue weighted by Crippen LogP contribution is 2.45. The Hall–Kier alpha value is -3.52. The van der Waals surface area contributed by atoms with E-state index in [1.165, 1.54) is 0 Å². The van der Waals surface area contributed by atoms with E-state index in [0.29, 0.717) is 47.3 Å². The summed E-state index contributed by atoms with van der Waals surface area (Å²) >= 11 is 6.54. The number of ketones is 2. The number of hydrogen-bond acceptors (Lipinski definition) is 6. The van der Waals surface area contributed by atoms with Crippen LogP contribution in [0, 0.1) is 17.8 Å². The summed E-state index contributed by atoms with van der Waals surface area (Å²) in [5.41, 5.74) is 1.58. The van der Waals surface area contributed by atoms with Crippen molar-refractivity contribution in [1.82, 2.24) is 10.2 Å². The first-order chi connectivity index (χ1) is 20.3. The molecule has 6 rings (SSSR count). The molecular weight excluding hydrogens is 554 g/mol. The molecule has 2 aliphatic heterocycles. The first-order valence-electron chi connectivity index (χ1n) is 15.1. The van der Waals surface area contributed by atoms with Crippen LogP contribution in [-0.4, -0.2) is 52.6 Å². The van der Waals surface area contributed by atoms with Gasteiger partial charge in [-0.3, -0.25) is 19.2 Å². The third-order valence-corrected chi connectivity index (χ3v) is 9.78. The number of likely N-dealkylation sites (tertiary alicyclic amines) is 1. The Morgan fingerprint density at radius 2 is 1.90 bits per heavy atom. The van der Waals surface area contributed by atoms with E-state index in [1.807, 2.05) is 30.3 Å². The number of carbonyl (C=O) groups excluding carboxylic acids is 4. The van der Waals surface area contributed by atoms with Gasteiger partial charge in [-0.05, 0) is 68.2 Å². The minimum Gasteiger partial charge on any atom is -0.455 e. The summed E-state index contributed by atoms with van der Waals surface area (Å²) in [6.07, 6.45) is 5.79. The third-order valence-electron chi connectivity index (χ3n) is 9.42. The molecule has 5 atom stereocenters. The van der Waals surface area contributed by atoms with Crippen LogP contribution in [0.1, 0.15) is 63.9 Å². The number of amides is 2. The van der Waals surface area contributed by atoms with Crippen LogP contribution >= 0.6 is 11.6 Å². The van der Waals surface area contributed by atoms with Gasteiger partial charge >= 0.3 is 0 Å². The normalized spacial score (nSPS) is 25.1. The number of rotatable bonds is 9. The first kappa shape index (κ1) is 28.6. The quantitative estimate of drug-likeness (QED) is 0.409. The molecule has 220 valence electrons. The minimum atomic E-state index is -0.725. The zero-order chi connectivity index (χ0) is 29.4. The Morgan fingerprint density at radius 1 is 1.10 bits per heavy atom. The van der Waals surface area contributed by atoms with Crippen molar-refractivity contribution in [3.63, 3.8) is 0 Å². The molecule has 2 aliphatic carbocycles. The van der Waals surface area contributed by atoms with Gasteiger partial charge < -0.3 is 15.0 Å².